The van der Waals surface area contributed by atoms with Crippen molar-refractivity contribution in [3.8, 4) is 0 Å². The van der Waals surface area contributed by atoms with Gasteiger partial charge in [0.1, 0.15) is 0 Å². The van der Waals surface area contributed by atoms with E-state index >= 15 is 0 Å². The van der Waals surface area contributed by atoms with Gasteiger partial charge in [-0.1, -0.05) is 11.6 Å². The quantitative estimate of drug-likeness (QED) is 0.411. The average Bonchev–Trinajstić information content (AvgIpc) is 2.98. The van der Waals surface area contributed by atoms with E-state index in [1.54, 1.807) is 14.0 Å². The second kappa shape index (κ2) is 10.8. The highest BCUT2D eigenvalue weighted by molar-refractivity contribution is 7.92. The number of nitrogens with zero attached hydrogens (tertiary/aromatic N) is 1. The van der Waals surface area contributed by atoms with Crippen LogP contribution in [0.1, 0.15) is 43.0 Å². The van der Waals surface area contributed by atoms with Crippen molar-refractivity contribution in [3.63, 3.8) is 0 Å². The molecule has 3 N–H and O–H groups in total. The van der Waals surface area contributed by atoms with Gasteiger partial charge in [-0.05, 0) is 69.7 Å². The molecule has 7 nitrogen and oxygen atoms in total. The minimum absolute atomic E-state index is 0.0785. The van der Waals surface area contributed by atoms with Gasteiger partial charge >= 0.3 is 0 Å². The summed E-state index contributed by atoms with van der Waals surface area (Å²) in [5.41, 5.74) is -1.52. The summed E-state index contributed by atoms with van der Waals surface area (Å²) in [7, 11) is -2.21. The number of aliphatic hydroxyl groups is 2. The molecular formula is C26H30ClF3N2O5S. The van der Waals surface area contributed by atoms with Crippen molar-refractivity contribution in [2.75, 3.05) is 25.5 Å². The van der Waals surface area contributed by atoms with Crippen LogP contribution in [-0.4, -0.2) is 66.5 Å². The van der Waals surface area contributed by atoms with E-state index in [2.05, 4.69) is 5.32 Å². The van der Waals surface area contributed by atoms with Crippen LogP contribution in [-0.2, 0) is 9.84 Å². The summed E-state index contributed by atoms with van der Waals surface area (Å²) in [6, 6.07) is 4.87. The highest BCUT2D eigenvalue weighted by atomic mass is 35.5. The summed E-state index contributed by atoms with van der Waals surface area (Å²) in [5.74, 6) is -6.02. The van der Waals surface area contributed by atoms with Crippen LogP contribution in [0.25, 0.3) is 0 Å². The van der Waals surface area contributed by atoms with Crippen molar-refractivity contribution in [3.05, 3.63) is 58.4 Å². The third-order valence-electron chi connectivity index (χ3n) is 7.65. The lowest BCUT2D eigenvalue weighted by molar-refractivity contribution is -0.0799. The molecule has 0 heterocycles. The molecule has 4 rings (SSSR count). The molecule has 38 heavy (non-hydrogen) atoms. The van der Waals surface area contributed by atoms with Crippen LogP contribution >= 0.6 is 11.6 Å². The maximum absolute atomic E-state index is 13.7. The van der Waals surface area contributed by atoms with Crippen LogP contribution in [0, 0.1) is 29.3 Å². The lowest BCUT2D eigenvalue weighted by Gasteiger charge is -2.44. The van der Waals surface area contributed by atoms with Crippen LogP contribution in [0.5, 0.6) is 0 Å². The van der Waals surface area contributed by atoms with E-state index in [9.17, 15) is 36.6 Å². The molecule has 5 atom stereocenters. The molecule has 1 amide bonds. The van der Waals surface area contributed by atoms with E-state index in [0.717, 1.165) is 6.07 Å². The van der Waals surface area contributed by atoms with Crippen molar-refractivity contribution >= 4 is 33.0 Å². The fourth-order valence-corrected chi connectivity index (χ4v) is 8.34. The number of amides is 1. The lowest BCUT2D eigenvalue weighted by Crippen LogP contribution is -2.54. The van der Waals surface area contributed by atoms with Gasteiger partial charge in [0.15, 0.2) is 27.3 Å². The van der Waals surface area contributed by atoms with E-state index in [1.165, 1.54) is 12.1 Å². The number of hydrogen-bond acceptors (Lipinski definition) is 6. The van der Waals surface area contributed by atoms with Gasteiger partial charge < -0.3 is 20.4 Å². The molecule has 0 radical (unpaired) electrons. The second-order valence-electron chi connectivity index (χ2n) is 10.5. The zero-order valence-corrected chi connectivity index (χ0v) is 22.5. The van der Waals surface area contributed by atoms with E-state index in [-0.39, 0.29) is 45.8 Å². The molecule has 0 spiro atoms. The van der Waals surface area contributed by atoms with Gasteiger partial charge in [0.05, 0.1) is 26.9 Å². The molecule has 2 aliphatic carbocycles. The number of sulfone groups is 1. The first-order valence-corrected chi connectivity index (χ1v) is 14.2. The topological polar surface area (TPSA) is 107 Å². The zero-order valence-electron chi connectivity index (χ0n) is 20.9. The molecule has 0 saturated heterocycles. The summed E-state index contributed by atoms with van der Waals surface area (Å²) in [6.45, 7) is 2.36. The maximum atomic E-state index is 13.7. The Hall–Kier alpha value is -2.18. The maximum Gasteiger partial charge on any atom is 0.255 e. The summed E-state index contributed by atoms with van der Waals surface area (Å²) < 4.78 is 67.6. The van der Waals surface area contributed by atoms with Crippen molar-refractivity contribution in [1.82, 2.24) is 4.90 Å². The van der Waals surface area contributed by atoms with Crippen LogP contribution < -0.4 is 5.32 Å². The molecule has 2 aliphatic rings. The van der Waals surface area contributed by atoms with Gasteiger partial charge in [-0.25, -0.2) is 21.6 Å². The van der Waals surface area contributed by atoms with Gasteiger partial charge in [0.25, 0.3) is 5.91 Å². The largest absolute Gasteiger partial charge is 0.392 e. The third-order valence-corrected chi connectivity index (χ3v) is 10.3. The van der Waals surface area contributed by atoms with Crippen molar-refractivity contribution in [2.45, 2.75) is 54.5 Å². The number of benzene rings is 2. The number of likely N-dealkylation sites (N-methyl/N-ethyl adjacent to an activating group) is 1. The Balaban J connectivity index is 1.54. The van der Waals surface area contributed by atoms with Crippen LogP contribution in [0.3, 0.4) is 0 Å². The number of aliphatic hydroxyl groups excluding tert-OH is 1. The molecular weight excluding hydrogens is 545 g/mol. The van der Waals surface area contributed by atoms with Crippen molar-refractivity contribution in [2.24, 2.45) is 11.8 Å². The number of rotatable bonds is 8. The van der Waals surface area contributed by atoms with Gasteiger partial charge in [-0.3, -0.25) is 4.79 Å². The Bertz CT molecular complexity index is 1300. The zero-order chi connectivity index (χ0) is 28.0. The van der Waals surface area contributed by atoms with Crippen molar-refractivity contribution < 1.29 is 36.6 Å². The fourth-order valence-electron chi connectivity index (χ4n) is 5.94. The first-order valence-electron chi connectivity index (χ1n) is 12.3. The lowest BCUT2D eigenvalue weighted by atomic mass is 9.74. The molecule has 2 aromatic rings. The molecule has 208 valence electrons. The molecule has 2 aromatic carbocycles. The summed E-state index contributed by atoms with van der Waals surface area (Å²) >= 11 is 6.25. The fraction of sp³-hybridized carbons (Fsp3) is 0.500. The van der Waals surface area contributed by atoms with Crippen LogP contribution in [0.15, 0.2) is 35.2 Å². The first-order chi connectivity index (χ1) is 17.7. The Labute approximate surface area is 224 Å². The van der Waals surface area contributed by atoms with Gasteiger partial charge in [-0.2, -0.15) is 0 Å². The van der Waals surface area contributed by atoms with E-state index in [1.807, 2.05) is 4.90 Å². The summed E-state index contributed by atoms with van der Waals surface area (Å²) in [5, 5.41) is 22.5. The highest BCUT2D eigenvalue weighted by Gasteiger charge is 2.56. The average molecular weight is 575 g/mol. The van der Waals surface area contributed by atoms with E-state index in [4.69, 9.17) is 11.6 Å². The number of halogens is 4. The monoisotopic (exact) mass is 574 g/mol. The smallest absolute Gasteiger partial charge is 0.255 e. The number of carbonyl (C=O) groups excluding carboxylic acids is 1. The Morgan fingerprint density at radius 3 is 2.29 bits per heavy atom. The minimum Gasteiger partial charge on any atom is -0.392 e. The van der Waals surface area contributed by atoms with Gasteiger partial charge in [0, 0.05) is 36.5 Å². The number of carbonyl (C=O) groups is 1. The molecule has 2 saturated carbocycles. The number of nitrogens with one attached hydrogen (secondary N) is 1. The van der Waals surface area contributed by atoms with E-state index in [0.29, 0.717) is 38.1 Å². The molecule has 4 unspecified atom stereocenters. The Morgan fingerprint density at radius 1 is 1.16 bits per heavy atom. The predicted octanol–water partition coefficient (Wildman–Crippen LogP) is 4.02. The third kappa shape index (κ3) is 5.58. The normalized spacial score (nSPS) is 26.0. The van der Waals surface area contributed by atoms with Crippen molar-refractivity contribution in [1.29, 1.82) is 0 Å². The Kier molecular flexibility index (Phi) is 8.17. The first kappa shape index (κ1) is 28.8. The minimum atomic E-state index is -4.01. The van der Waals surface area contributed by atoms with Gasteiger partial charge in [-0.15, -0.1) is 0 Å². The number of hydrogen-bond donors (Lipinski definition) is 3. The van der Waals surface area contributed by atoms with Crippen LogP contribution in [0.2, 0.25) is 5.02 Å². The highest BCUT2D eigenvalue weighted by Crippen LogP contribution is 2.52. The van der Waals surface area contributed by atoms with Crippen LogP contribution in [0.4, 0.5) is 18.9 Å². The molecule has 0 aliphatic heterocycles. The van der Waals surface area contributed by atoms with Gasteiger partial charge in [0.2, 0.25) is 0 Å². The number of anilines is 1. The molecule has 2 bridgehead atoms. The second-order valence-corrected chi connectivity index (χ2v) is 13.1. The van der Waals surface area contributed by atoms with E-state index < -0.39 is 50.2 Å². The standard InChI is InChI=1S/C26H30ClF3N2O5S/c1-14(33)12-32(2)13-26(35)16-4-5-17(26)9-19(8-16)38(36,37)23-7-15(3-6-20(23)27)25(34)31-18-10-21(28)24(30)22(29)11-18/h3,6-7,10-11,14,16-17,19,33,35H,4-5,8-9,12-13H2,1-2H3,(H,31,34)/t14?,16-,17?,19?,26?/m0/s1. The summed E-state index contributed by atoms with van der Waals surface area (Å²) in [6.07, 6.45) is 1.23. The number of fused-ring (bicyclic) bond motifs is 2. The summed E-state index contributed by atoms with van der Waals surface area (Å²) in [4.78, 5) is 14.3. The molecule has 0 aromatic heterocycles. The predicted molar refractivity (Wildman–Crippen MR) is 136 cm³/mol. The molecule has 12 heteroatoms. The molecule has 2 fully saturated rings. The SMILES string of the molecule is CC(O)CN(C)CC1(O)C2CC[C@H]1CC(S(=O)(=O)c1cc(C(=O)Nc3cc(F)c(F)c(F)c3)ccc1Cl)C2. The Morgan fingerprint density at radius 2 is 1.74 bits per heavy atom.